The molecule has 0 aromatic carbocycles. The minimum Gasteiger partial charge on any atom is -0.394 e. The zero-order valence-electron chi connectivity index (χ0n) is 11.3. The van der Waals surface area contributed by atoms with E-state index in [9.17, 15) is 0 Å². The minimum absolute atomic E-state index is 0.121. The molecule has 102 valence electrons. The maximum absolute atomic E-state index is 8.66. The first kappa shape index (κ1) is 14.9. The molecule has 0 atom stereocenters. The summed E-state index contributed by atoms with van der Waals surface area (Å²) in [5, 5.41) is 12.1. The molecule has 0 aliphatic carbocycles. The molecule has 1 saturated heterocycles. The Balaban J connectivity index is 2.21. The standard InChI is InChI=1S/C13H28N2O2/c1-12(2)15(7-9-17-10-8-16)11-13-3-5-14-6-4-13/h12-14,16H,3-11H2,1-2H3. The summed E-state index contributed by atoms with van der Waals surface area (Å²) < 4.78 is 5.35. The van der Waals surface area contributed by atoms with E-state index >= 15 is 0 Å². The van der Waals surface area contributed by atoms with Crippen LogP contribution in [-0.2, 0) is 4.74 Å². The molecule has 0 bridgehead atoms. The van der Waals surface area contributed by atoms with Gasteiger partial charge in [-0.3, -0.25) is 4.90 Å². The normalized spacial score (nSPS) is 18.2. The van der Waals surface area contributed by atoms with Crippen molar-refractivity contribution in [1.29, 1.82) is 0 Å². The minimum atomic E-state index is 0.121. The molecule has 17 heavy (non-hydrogen) atoms. The van der Waals surface area contributed by atoms with Gasteiger partial charge in [-0.05, 0) is 45.7 Å². The first-order valence-corrected chi connectivity index (χ1v) is 6.87. The molecule has 1 aliphatic heterocycles. The molecule has 0 amide bonds. The third-order valence-corrected chi connectivity index (χ3v) is 3.44. The van der Waals surface area contributed by atoms with E-state index in [1.807, 2.05) is 0 Å². The van der Waals surface area contributed by atoms with Crippen LogP contribution in [0.1, 0.15) is 26.7 Å². The molecule has 4 heteroatoms. The van der Waals surface area contributed by atoms with Gasteiger partial charge in [0.25, 0.3) is 0 Å². The molecular formula is C13H28N2O2. The van der Waals surface area contributed by atoms with Crippen LogP contribution >= 0.6 is 0 Å². The number of nitrogens with zero attached hydrogens (tertiary/aromatic N) is 1. The zero-order valence-corrected chi connectivity index (χ0v) is 11.3. The van der Waals surface area contributed by atoms with E-state index in [0.717, 1.165) is 32.2 Å². The fraction of sp³-hybridized carbons (Fsp3) is 1.00. The number of rotatable bonds is 8. The Kier molecular flexibility index (Phi) is 7.77. The van der Waals surface area contributed by atoms with Gasteiger partial charge in [0.2, 0.25) is 0 Å². The molecule has 1 aliphatic rings. The zero-order chi connectivity index (χ0) is 12.5. The highest BCUT2D eigenvalue weighted by Crippen LogP contribution is 2.14. The van der Waals surface area contributed by atoms with Crippen molar-refractivity contribution in [3.05, 3.63) is 0 Å². The number of piperidine rings is 1. The summed E-state index contributed by atoms with van der Waals surface area (Å²) in [5.41, 5.74) is 0. The van der Waals surface area contributed by atoms with E-state index in [-0.39, 0.29) is 6.61 Å². The van der Waals surface area contributed by atoms with Crippen molar-refractivity contribution in [2.75, 3.05) is 46.0 Å². The molecule has 4 nitrogen and oxygen atoms in total. The highest BCUT2D eigenvalue weighted by Gasteiger charge is 2.18. The van der Waals surface area contributed by atoms with Crippen LogP contribution in [0.4, 0.5) is 0 Å². The summed E-state index contributed by atoms with van der Waals surface area (Å²) in [5.74, 6) is 0.830. The van der Waals surface area contributed by atoms with Gasteiger partial charge in [-0.1, -0.05) is 0 Å². The Morgan fingerprint density at radius 1 is 1.29 bits per heavy atom. The van der Waals surface area contributed by atoms with Crippen molar-refractivity contribution >= 4 is 0 Å². The molecule has 0 radical (unpaired) electrons. The Hall–Kier alpha value is -0.160. The van der Waals surface area contributed by atoms with Gasteiger partial charge >= 0.3 is 0 Å². The summed E-state index contributed by atoms with van der Waals surface area (Å²) in [6.45, 7) is 10.3. The number of ether oxygens (including phenoxy) is 1. The van der Waals surface area contributed by atoms with Gasteiger partial charge in [-0.2, -0.15) is 0 Å². The van der Waals surface area contributed by atoms with Crippen LogP contribution in [0.15, 0.2) is 0 Å². The molecule has 1 rings (SSSR count). The van der Waals surface area contributed by atoms with E-state index in [1.165, 1.54) is 19.4 Å². The Morgan fingerprint density at radius 3 is 2.59 bits per heavy atom. The lowest BCUT2D eigenvalue weighted by atomic mass is 9.97. The summed E-state index contributed by atoms with van der Waals surface area (Å²) >= 11 is 0. The second kappa shape index (κ2) is 8.86. The van der Waals surface area contributed by atoms with Crippen molar-refractivity contribution in [2.24, 2.45) is 5.92 Å². The lowest BCUT2D eigenvalue weighted by molar-refractivity contribution is 0.0601. The number of aliphatic hydroxyl groups excluding tert-OH is 1. The average molecular weight is 244 g/mol. The number of hydrogen-bond acceptors (Lipinski definition) is 4. The molecule has 0 unspecified atom stereocenters. The molecular weight excluding hydrogens is 216 g/mol. The fourth-order valence-corrected chi connectivity index (χ4v) is 2.30. The van der Waals surface area contributed by atoms with E-state index < -0.39 is 0 Å². The van der Waals surface area contributed by atoms with Crippen LogP contribution in [0.5, 0.6) is 0 Å². The predicted octanol–water partition coefficient (Wildman–Crippen LogP) is 0.705. The smallest absolute Gasteiger partial charge is 0.0698 e. The quantitative estimate of drug-likeness (QED) is 0.617. The Morgan fingerprint density at radius 2 is 2.00 bits per heavy atom. The molecule has 0 saturated carbocycles. The van der Waals surface area contributed by atoms with E-state index in [2.05, 4.69) is 24.1 Å². The topological polar surface area (TPSA) is 44.7 Å². The summed E-state index contributed by atoms with van der Waals surface area (Å²) in [6, 6.07) is 0.572. The van der Waals surface area contributed by atoms with Crippen LogP contribution in [0.3, 0.4) is 0 Å². The lowest BCUT2D eigenvalue weighted by Gasteiger charge is -2.32. The molecule has 1 heterocycles. The Labute approximate surface area is 105 Å². The van der Waals surface area contributed by atoms with Crippen molar-refractivity contribution in [3.63, 3.8) is 0 Å². The van der Waals surface area contributed by atoms with Crippen LogP contribution in [0.25, 0.3) is 0 Å². The van der Waals surface area contributed by atoms with Gasteiger partial charge in [-0.15, -0.1) is 0 Å². The molecule has 1 fully saturated rings. The maximum atomic E-state index is 8.66. The summed E-state index contributed by atoms with van der Waals surface area (Å²) in [4.78, 5) is 2.49. The Bertz CT molecular complexity index is 182. The average Bonchev–Trinajstić information content (AvgIpc) is 2.34. The number of hydrogen-bond donors (Lipinski definition) is 2. The van der Waals surface area contributed by atoms with Crippen LogP contribution < -0.4 is 5.32 Å². The fourth-order valence-electron chi connectivity index (χ4n) is 2.30. The monoisotopic (exact) mass is 244 g/mol. The number of aliphatic hydroxyl groups is 1. The highest BCUT2D eigenvalue weighted by molar-refractivity contribution is 4.74. The predicted molar refractivity (Wildman–Crippen MR) is 70.2 cm³/mol. The third kappa shape index (κ3) is 6.36. The van der Waals surface area contributed by atoms with Gasteiger partial charge in [0.1, 0.15) is 0 Å². The first-order chi connectivity index (χ1) is 8.24. The van der Waals surface area contributed by atoms with Crippen LogP contribution in [0.2, 0.25) is 0 Å². The van der Waals surface area contributed by atoms with E-state index in [0.29, 0.717) is 12.6 Å². The summed E-state index contributed by atoms with van der Waals surface area (Å²) in [7, 11) is 0. The molecule has 0 aromatic heterocycles. The first-order valence-electron chi connectivity index (χ1n) is 6.87. The van der Waals surface area contributed by atoms with E-state index in [4.69, 9.17) is 9.84 Å². The van der Waals surface area contributed by atoms with Crippen LogP contribution in [0, 0.1) is 5.92 Å². The van der Waals surface area contributed by atoms with Crippen molar-refractivity contribution in [2.45, 2.75) is 32.7 Å². The van der Waals surface area contributed by atoms with Crippen molar-refractivity contribution in [3.8, 4) is 0 Å². The molecule has 0 aromatic rings. The van der Waals surface area contributed by atoms with Crippen molar-refractivity contribution < 1.29 is 9.84 Å². The lowest BCUT2D eigenvalue weighted by Crippen LogP contribution is -2.41. The van der Waals surface area contributed by atoms with Gasteiger partial charge in [0, 0.05) is 19.1 Å². The van der Waals surface area contributed by atoms with Gasteiger partial charge in [0.05, 0.1) is 19.8 Å². The van der Waals surface area contributed by atoms with Crippen molar-refractivity contribution in [1.82, 2.24) is 10.2 Å². The van der Waals surface area contributed by atoms with Crippen LogP contribution in [-0.4, -0.2) is 62.0 Å². The highest BCUT2D eigenvalue weighted by atomic mass is 16.5. The van der Waals surface area contributed by atoms with Gasteiger partial charge in [0.15, 0.2) is 0 Å². The number of nitrogens with one attached hydrogen (secondary N) is 1. The third-order valence-electron chi connectivity index (χ3n) is 3.44. The second-order valence-corrected chi connectivity index (χ2v) is 5.12. The molecule has 2 N–H and O–H groups in total. The van der Waals surface area contributed by atoms with Gasteiger partial charge in [-0.25, -0.2) is 0 Å². The van der Waals surface area contributed by atoms with E-state index in [1.54, 1.807) is 0 Å². The summed E-state index contributed by atoms with van der Waals surface area (Å²) in [6.07, 6.45) is 2.58. The molecule has 0 spiro atoms. The second-order valence-electron chi connectivity index (χ2n) is 5.12. The largest absolute Gasteiger partial charge is 0.394 e. The van der Waals surface area contributed by atoms with Gasteiger partial charge < -0.3 is 15.2 Å². The SMILES string of the molecule is CC(C)N(CCOCCO)CC1CCNCC1. The maximum Gasteiger partial charge on any atom is 0.0698 e.